The van der Waals surface area contributed by atoms with E-state index >= 15 is 0 Å². The second kappa shape index (κ2) is 6.96. The number of carbonyl (C=O) groups excluding carboxylic acids is 1. The highest BCUT2D eigenvalue weighted by Crippen LogP contribution is 2.30. The molecular formula is C21H19FN2O3. The number of aliphatic hydroxyl groups excluding tert-OH is 1. The third-order valence-electron chi connectivity index (χ3n) is 5.02. The van der Waals surface area contributed by atoms with E-state index in [2.05, 4.69) is 4.98 Å². The number of nitrogens with zero attached hydrogens (tertiary/aromatic N) is 2. The van der Waals surface area contributed by atoms with Gasteiger partial charge >= 0.3 is 0 Å². The van der Waals surface area contributed by atoms with Crippen molar-refractivity contribution in [1.29, 1.82) is 0 Å². The summed E-state index contributed by atoms with van der Waals surface area (Å²) >= 11 is 0. The first-order chi connectivity index (χ1) is 13.1. The lowest BCUT2D eigenvalue weighted by atomic mass is 10.0. The number of aliphatic hydroxyl groups is 1. The maximum Gasteiger partial charge on any atom is 0.254 e. The fourth-order valence-corrected chi connectivity index (χ4v) is 3.65. The number of benzene rings is 2. The number of hydrogen-bond donors (Lipinski definition) is 2. The van der Waals surface area contributed by atoms with Gasteiger partial charge in [-0.05, 0) is 37.1 Å². The molecule has 2 N–H and O–H groups in total. The Labute approximate surface area is 155 Å². The fraction of sp³-hybridized carbons (Fsp3) is 0.238. The summed E-state index contributed by atoms with van der Waals surface area (Å²) < 4.78 is 14.4. The average molecular weight is 366 g/mol. The molecule has 138 valence electrons. The van der Waals surface area contributed by atoms with Crippen molar-refractivity contribution in [3.8, 4) is 17.0 Å². The predicted molar refractivity (Wildman–Crippen MR) is 99.9 cm³/mol. The number of rotatable bonds is 3. The van der Waals surface area contributed by atoms with Crippen LogP contribution in [0.15, 0.2) is 48.5 Å². The van der Waals surface area contributed by atoms with E-state index in [-0.39, 0.29) is 29.9 Å². The van der Waals surface area contributed by atoms with Gasteiger partial charge in [0.2, 0.25) is 0 Å². The van der Waals surface area contributed by atoms with Gasteiger partial charge < -0.3 is 15.1 Å². The lowest BCUT2D eigenvalue weighted by Gasteiger charge is -2.24. The van der Waals surface area contributed by atoms with Crippen molar-refractivity contribution < 1.29 is 19.4 Å². The predicted octanol–water partition coefficient (Wildman–Crippen LogP) is 3.34. The molecule has 2 aromatic carbocycles. The highest BCUT2D eigenvalue weighted by Gasteiger charge is 2.30. The number of likely N-dealkylation sites (tertiary alicyclic amines) is 1. The van der Waals surface area contributed by atoms with Crippen molar-refractivity contribution in [2.24, 2.45) is 0 Å². The van der Waals surface area contributed by atoms with Gasteiger partial charge in [0, 0.05) is 23.6 Å². The van der Waals surface area contributed by atoms with Crippen molar-refractivity contribution >= 4 is 16.8 Å². The molecule has 6 heteroatoms. The number of phenols is 1. The van der Waals surface area contributed by atoms with Crippen molar-refractivity contribution in [2.45, 2.75) is 18.9 Å². The molecule has 1 aliphatic heterocycles. The Morgan fingerprint density at radius 1 is 1.22 bits per heavy atom. The molecule has 1 fully saturated rings. The van der Waals surface area contributed by atoms with E-state index in [0.29, 0.717) is 28.7 Å². The van der Waals surface area contributed by atoms with Gasteiger partial charge in [-0.3, -0.25) is 4.79 Å². The van der Waals surface area contributed by atoms with Crippen LogP contribution < -0.4 is 0 Å². The van der Waals surface area contributed by atoms with Crippen LogP contribution in [-0.4, -0.2) is 45.2 Å². The second-order valence-electron chi connectivity index (χ2n) is 6.71. The molecule has 0 aliphatic carbocycles. The monoisotopic (exact) mass is 366 g/mol. The summed E-state index contributed by atoms with van der Waals surface area (Å²) in [5, 5.41) is 19.7. The largest absolute Gasteiger partial charge is 0.508 e. The lowest BCUT2D eigenvalue weighted by Crippen LogP contribution is -2.37. The number of hydrogen-bond acceptors (Lipinski definition) is 4. The highest BCUT2D eigenvalue weighted by atomic mass is 19.1. The Hall–Kier alpha value is -2.99. The van der Waals surface area contributed by atoms with E-state index in [1.54, 1.807) is 17.0 Å². The fourth-order valence-electron chi connectivity index (χ4n) is 3.65. The number of aromatic hydroxyl groups is 1. The SMILES string of the molecule is O=C(c1cc(-c2ccc(O)cc2F)nc2ccccc12)N1CCC[C@H]1CO. The molecular weight excluding hydrogens is 347 g/mol. The number of halogens is 1. The number of phenolic OH excluding ortho intramolecular Hbond substituents is 1. The average Bonchev–Trinajstić information content (AvgIpc) is 3.15. The molecule has 0 saturated carbocycles. The molecule has 3 aromatic rings. The Morgan fingerprint density at radius 2 is 2.04 bits per heavy atom. The molecule has 1 amide bonds. The number of fused-ring (bicyclic) bond motifs is 1. The third kappa shape index (κ3) is 3.13. The summed E-state index contributed by atoms with van der Waals surface area (Å²) in [5.74, 6) is -0.965. The van der Waals surface area contributed by atoms with Gasteiger partial charge in [-0.2, -0.15) is 0 Å². The molecule has 0 unspecified atom stereocenters. The Morgan fingerprint density at radius 3 is 2.81 bits per heavy atom. The summed E-state index contributed by atoms with van der Waals surface area (Å²) in [4.78, 5) is 19.4. The van der Waals surface area contributed by atoms with E-state index < -0.39 is 5.82 Å². The topological polar surface area (TPSA) is 73.7 Å². The van der Waals surface area contributed by atoms with Crippen molar-refractivity contribution in [2.75, 3.05) is 13.2 Å². The van der Waals surface area contributed by atoms with Gasteiger partial charge in [-0.15, -0.1) is 0 Å². The van der Waals surface area contributed by atoms with E-state index in [9.17, 15) is 19.4 Å². The van der Waals surface area contributed by atoms with Crippen LogP contribution in [0.5, 0.6) is 5.75 Å². The van der Waals surface area contributed by atoms with Crippen LogP contribution in [0.4, 0.5) is 4.39 Å². The standard InChI is InChI=1S/C21H19FN2O3/c22-18-10-14(26)7-8-16(18)20-11-17(15-5-1-2-6-19(15)23-20)21(27)24-9-3-4-13(24)12-25/h1-2,5-8,10-11,13,25-26H,3-4,9,12H2/t13-/m0/s1. The molecule has 0 bridgehead atoms. The minimum absolute atomic E-state index is 0.0752. The van der Waals surface area contributed by atoms with E-state index in [1.165, 1.54) is 12.1 Å². The second-order valence-corrected chi connectivity index (χ2v) is 6.71. The molecule has 0 spiro atoms. The molecule has 1 aliphatic rings. The van der Waals surface area contributed by atoms with Gasteiger partial charge in [0.25, 0.3) is 5.91 Å². The number of para-hydroxylation sites is 1. The minimum atomic E-state index is -0.606. The zero-order valence-electron chi connectivity index (χ0n) is 14.6. The van der Waals surface area contributed by atoms with Gasteiger partial charge in [0.1, 0.15) is 11.6 Å². The summed E-state index contributed by atoms with van der Waals surface area (Å²) in [5.41, 5.74) is 1.57. The van der Waals surface area contributed by atoms with Gasteiger partial charge in [0.15, 0.2) is 0 Å². The molecule has 4 rings (SSSR count). The van der Waals surface area contributed by atoms with Gasteiger partial charge in [-0.25, -0.2) is 9.37 Å². The number of pyridine rings is 1. The first-order valence-corrected chi connectivity index (χ1v) is 8.89. The lowest BCUT2D eigenvalue weighted by molar-refractivity contribution is 0.0679. The number of amides is 1. The Kier molecular flexibility index (Phi) is 4.49. The zero-order chi connectivity index (χ0) is 19.0. The summed E-state index contributed by atoms with van der Waals surface area (Å²) in [7, 11) is 0. The maximum absolute atomic E-state index is 14.4. The van der Waals surface area contributed by atoms with Crippen LogP contribution in [0, 0.1) is 5.82 Å². The van der Waals surface area contributed by atoms with Crippen LogP contribution >= 0.6 is 0 Å². The van der Waals surface area contributed by atoms with Crippen LogP contribution in [0.1, 0.15) is 23.2 Å². The van der Waals surface area contributed by atoms with Gasteiger partial charge in [-0.1, -0.05) is 18.2 Å². The van der Waals surface area contributed by atoms with Crippen molar-refractivity contribution in [3.63, 3.8) is 0 Å². The Balaban J connectivity index is 1.87. The molecule has 5 nitrogen and oxygen atoms in total. The summed E-state index contributed by atoms with van der Waals surface area (Å²) in [6.45, 7) is 0.512. The van der Waals surface area contributed by atoms with Gasteiger partial charge in [0.05, 0.1) is 29.4 Å². The van der Waals surface area contributed by atoms with E-state index in [4.69, 9.17) is 0 Å². The van der Waals surface area contributed by atoms with Crippen LogP contribution in [0.2, 0.25) is 0 Å². The highest BCUT2D eigenvalue weighted by molar-refractivity contribution is 6.07. The quantitative estimate of drug-likeness (QED) is 0.746. The number of aromatic nitrogens is 1. The normalized spacial score (nSPS) is 16.8. The van der Waals surface area contributed by atoms with Crippen LogP contribution in [0.3, 0.4) is 0 Å². The third-order valence-corrected chi connectivity index (χ3v) is 5.02. The van der Waals surface area contributed by atoms with Crippen LogP contribution in [-0.2, 0) is 0 Å². The minimum Gasteiger partial charge on any atom is -0.508 e. The summed E-state index contributed by atoms with van der Waals surface area (Å²) in [6.07, 6.45) is 1.62. The van der Waals surface area contributed by atoms with E-state index in [1.807, 2.05) is 18.2 Å². The van der Waals surface area contributed by atoms with Crippen molar-refractivity contribution in [1.82, 2.24) is 9.88 Å². The van der Waals surface area contributed by atoms with E-state index in [0.717, 1.165) is 18.9 Å². The summed E-state index contributed by atoms with van der Waals surface area (Å²) in [6, 6.07) is 12.5. The molecule has 0 radical (unpaired) electrons. The number of carbonyl (C=O) groups is 1. The zero-order valence-corrected chi connectivity index (χ0v) is 14.6. The first-order valence-electron chi connectivity index (χ1n) is 8.89. The van der Waals surface area contributed by atoms with Crippen molar-refractivity contribution in [3.05, 3.63) is 59.9 Å². The molecule has 1 saturated heterocycles. The smallest absolute Gasteiger partial charge is 0.254 e. The molecule has 1 aromatic heterocycles. The first kappa shape index (κ1) is 17.4. The molecule has 27 heavy (non-hydrogen) atoms. The Bertz CT molecular complexity index is 1020. The maximum atomic E-state index is 14.4. The van der Waals surface area contributed by atoms with Crippen LogP contribution in [0.25, 0.3) is 22.2 Å². The molecule has 2 heterocycles. The molecule has 1 atom stereocenters.